The van der Waals surface area contributed by atoms with E-state index in [-0.39, 0.29) is 5.75 Å². The van der Waals surface area contributed by atoms with Crippen molar-refractivity contribution in [2.75, 3.05) is 18.8 Å². The highest BCUT2D eigenvalue weighted by atomic mass is 32.2. The lowest BCUT2D eigenvalue weighted by Crippen LogP contribution is -2.36. The van der Waals surface area contributed by atoms with Crippen molar-refractivity contribution in [1.82, 2.24) is 4.31 Å². The molecule has 17 heavy (non-hydrogen) atoms. The third-order valence-electron chi connectivity index (χ3n) is 3.02. The molecular weight excluding hydrogens is 256 g/mol. The van der Waals surface area contributed by atoms with E-state index in [0.29, 0.717) is 26.1 Å². The number of rotatable bonds is 5. The third-order valence-corrected chi connectivity index (χ3v) is 5.95. The van der Waals surface area contributed by atoms with Crippen LogP contribution in [0.3, 0.4) is 0 Å². The highest BCUT2D eigenvalue weighted by molar-refractivity contribution is 7.89. The Hall–Kier alpha value is -0.430. The topological polar surface area (TPSA) is 63.4 Å². The summed E-state index contributed by atoms with van der Waals surface area (Å²) in [6.45, 7) is 1.73. The first-order valence-corrected chi connectivity index (χ1v) is 8.35. The van der Waals surface area contributed by atoms with Gasteiger partial charge >= 0.3 is 0 Å². The highest BCUT2D eigenvalue weighted by Crippen LogP contribution is 2.25. The standard InChI is InChI=1S/C11H18N2O2S2/c12-5-1-2-8-17(14,15)13-6-3-11-10(9-13)4-7-16-11/h4,7H,1-3,5-6,8-9,12H2. The SMILES string of the molecule is NCCCCS(=O)(=O)N1CCc2sccc2C1. The summed E-state index contributed by atoms with van der Waals surface area (Å²) in [6, 6.07) is 2.03. The first-order chi connectivity index (χ1) is 8.13. The summed E-state index contributed by atoms with van der Waals surface area (Å²) in [5.74, 6) is 0.226. The summed E-state index contributed by atoms with van der Waals surface area (Å²) < 4.78 is 25.8. The molecule has 1 aromatic heterocycles. The van der Waals surface area contributed by atoms with Gasteiger partial charge in [0.2, 0.25) is 10.0 Å². The molecule has 96 valence electrons. The van der Waals surface area contributed by atoms with Crippen LogP contribution < -0.4 is 5.73 Å². The van der Waals surface area contributed by atoms with Crippen molar-refractivity contribution in [1.29, 1.82) is 0 Å². The van der Waals surface area contributed by atoms with Crippen molar-refractivity contribution in [3.05, 3.63) is 21.9 Å². The van der Waals surface area contributed by atoms with Crippen LogP contribution in [0.5, 0.6) is 0 Å². The van der Waals surface area contributed by atoms with Gasteiger partial charge in [0.15, 0.2) is 0 Å². The Kier molecular flexibility index (Phi) is 4.19. The van der Waals surface area contributed by atoms with E-state index < -0.39 is 10.0 Å². The van der Waals surface area contributed by atoms with Crippen LogP contribution in [0.4, 0.5) is 0 Å². The molecular formula is C11H18N2O2S2. The number of sulfonamides is 1. The molecule has 0 radical (unpaired) electrons. The summed E-state index contributed by atoms with van der Waals surface area (Å²) in [6.07, 6.45) is 2.28. The normalized spacial score (nSPS) is 17.0. The van der Waals surface area contributed by atoms with Crippen molar-refractivity contribution in [2.45, 2.75) is 25.8 Å². The first kappa shape index (κ1) is 13.0. The minimum atomic E-state index is -3.09. The van der Waals surface area contributed by atoms with Crippen LogP contribution >= 0.6 is 11.3 Å². The van der Waals surface area contributed by atoms with Gasteiger partial charge in [0.05, 0.1) is 5.75 Å². The molecule has 1 aliphatic heterocycles. The maximum atomic E-state index is 12.1. The minimum Gasteiger partial charge on any atom is -0.330 e. The van der Waals surface area contributed by atoms with Crippen LogP contribution in [0.25, 0.3) is 0 Å². The number of unbranched alkanes of at least 4 members (excludes halogenated alkanes) is 1. The maximum Gasteiger partial charge on any atom is 0.214 e. The van der Waals surface area contributed by atoms with Crippen LogP contribution in [0.15, 0.2) is 11.4 Å². The van der Waals surface area contributed by atoms with Gasteiger partial charge in [-0.05, 0) is 42.8 Å². The quantitative estimate of drug-likeness (QED) is 0.820. The van der Waals surface area contributed by atoms with E-state index in [1.165, 1.54) is 10.4 Å². The molecule has 0 bridgehead atoms. The van der Waals surface area contributed by atoms with Gasteiger partial charge in [-0.3, -0.25) is 0 Å². The molecule has 0 saturated heterocycles. The van der Waals surface area contributed by atoms with Gasteiger partial charge in [0.1, 0.15) is 0 Å². The van der Waals surface area contributed by atoms with Crippen molar-refractivity contribution < 1.29 is 8.42 Å². The lowest BCUT2D eigenvalue weighted by Gasteiger charge is -2.26. The summed E-state index contributed by atoms with van der Waals surface area (Å²) in [7, 11) is -3.09. The van der Waals surface area contributed by atoms with Gasteiger partial charge in [-0.25, -0.2) is 8.42 Å². The number of hydrogen-bond acceptors (Lipinski definition) is 4. The van der Waals surface area contributed by atoms with Crippen LogP contribution in [-0.4, -0.2) is 31.6 Å². The lowest BCUT2D eigenvalue weighted by atomic mass is 10.1. The smallest absolute Gasteiger partial charge is 0.214 e. The fraction of sp³-hybridized carbons (Fsp3) is 0.636. The van der Waals surface area contributed by atoms with Crippen molar-refractivity contribution in [3.8, 4) is 0 Å². The van der Waals surface area contributed by atoms with E-state index in [1.54, 1.807) is 15.6 Å². The molecule has 4 nitrogen and oxygen atoms in total. The zero-order valence-electron chi connectivity index (χ0n) is 9.76. The Balaban J connectivity index is 2.00. The van der Waals surface area contributed by atoms with Crippen LogP contribution in [0.2, 0.25) is 0 Å². The molecule has 0 aromatic carbocycles. The fourth-order valence-corrected chi connectivity index (χ4v) is 4.44. The Morgan fingerprint density at radius 3 is 3.00 bits per heavy atom. The molecule has 0 saturated carbocycles. The summed E-state index contributed by atoms with van der Waals surface area (Å²) >= 11 is 1.72. The first-order valence-electron chi connectivity index (χ1n) is 5.86. The summed E-state index contributed by atoms with van der Waals surface area (Å²) in [5, 5.41) is 2.04. The average Bonchev–Trinajstić information content (AvgIpc) is 2.76. The van der Waals surface area contributed by atoms with Gasteiger partial charge in [-0.1, -0.05) is 0 Å². The van der Waals surface area contributed by atoms with E-state index in [9.17, 15) is 8.42 Å². The van der Waals surface area contributed by atoms with Gasteiger partial charge in [0.25, 0.3) is 0 Å². The molecule has 1 aliphatic rings. The number of nitrogens with two attached hydrogens (primary N) is 1. The molecule has 0 spiro atoms. The molecule has 0 fully saturated rings. The lowest BCUT2D eigenvalue weighted by molar-refractivity contribution is 0.393. The Labute approximate surface area is 106 Å². The van der Waals surface area contributed by atoms with Gasteiger partial charge in [-0.2, -0.15) is 4.31 Å². The number of fused-ring (bicyclic) bond motifs is 1. The van der Waals surface area contributed by atoms with E-state index in [0.717, 1.165) is 12.8 Å². The Morgan fingerprint density at radius 2 is 2.24 bits per heavy atom. The molecule has 2 N–H and O–H groups in total. The second-order valence-corrected chi connectivity index (χ2v) is 7.35. The van der Waals surface area contributed by atoms with Crippen LogP contribution in [0, 0.1) is 0 Å². The van der Waals surface area contributed by atoms with Crippen molar-refractivity contribution in [3.63, 3.8) is 0 Å². The average molecular weight is 274 g/mol. The Morgan fingerprint density at radius 1 is 1.41 bits per heavy atom. The van der Waals surface area contributed by atoms with Crippen LogP contribution in [-0.2, 0) is 23.0 Å². The number of nitrogens with zero attached hydrogens (tertiary/aromatic N) is 1. The van der Waals surface area contributed by atoms with E-state index >= 15 is 0 Å². The molecule has 0 aliphatic carbocycles. The Bertz CT molecular complexity index is 468. The van der Waals surface area contributed by atoms with Gasteiger partial charge < -0.3 is 5.73 Å². The third kappa shape index (κ3) is 3.07. The molecule has 2 rings (SSSR count). The van der Waals surface area contributed by atoms with Crippen molar-refractivity contribution >= 4 is 21.4 Å². The monoisotopic (exact) mass is 274 g/mol. The van der Waals surface area contributed by atoms with Crippen LogP contribution in [0.1, 0.15) is 23.3 Å². The largest absolute Gasteiger partial charge is 0.330 e. The molecule has 0 atom stereocenters. The van der Waals surface area contributed by atoms with E-state index in [2.05, 4.69) is 0 Å². The predicted octanol–water partition coefficient (Wildman–Crippen LogP) is 1.17. The second kappa shape index (κ2) is 5.48. The highest BCUT2D eigenvalue weighted by Gasteiger charge is 2.26. The molecule has 1 aromatic rings. The maximum absolute atomic E-state index is 12.1. The van der Waals surface area contributed by atoms with Crippen molar-refractivity contribution in [2.24, 2.45) is 5.73 Å². The molecule has 2 heterocycles. The molecule has 0 unspecified atom stereocenters. The summed E-state index contributed by atoms with van der Waals surface area (Å²) in [4.78, 5) is 1.33. The fourth-order valence-electron chi connectivity index (χ4n) is 2.02. The zero-order chi connectivity index (χ0) is 12.3. The summed E-state index contributed by atoms with van der Waals surface area (Å²) in [5.41, 5.74) is 6.55. The predicted molar refractivity (Wildman–Crippen MR) is 70.5 cm³/mol. The van der Waals surface area contributed by atoms with E-state index in [1.807, 2.05) is 11.4 Å². The minimum absolute atomic E-state index is 0.226. The van der Waals surface area contributed by atoms with E-state index in [4.69, 9.17) is 5.73 Å². The molecule has 6 heteroatoms. The molecule has 0 amide bonds. The van der Waals surface area contributed by atoms with Gasteiger partial charge in [-0.15, -0.1) is 11.3 Å². The van der Waals surface area contributed by atoms with Gasteiger partial charge in [0, 0.05) is 18.0 Å². The number of thiophene rings is 1. The zero-order valence-corrected chi connectivity index (χ0v) is 11.4. The second-order valence-electron chi connectivity index (χ2n) is 4.26. The number of hydrogen-bond donors (Lipinski definition) is 1.